The highest BCUT2D eigenvalue weighted by Crippen LogP contribution is 2.36. The van der Waals surface area contributed by atoms with Crippen molar-refractivity contribution >= 4 is 29.2 Å². The zero-order valence-electron chi connectivity index (χ0n) is 22.7. The van der Waals surface area contributed by atoms with E-state index in [0.29, 0.717) is 36.6 Å². The molecule has 1 aliphatic heterocycles. The first-order valence-corrected chi connectivity index (χ1v) is 13.9. The fourth-order valence-corrected chi connectivity index (χ4v) is 5.48. The number of aromatic nitrogens is 2. The van der Waals surface area contributed by atoms with Crippen LogP contribution in [-0.2, 0) is 17.8 Å². The maximum absolute atomic E-state index is 13.3. The number of benzene rings is 3. The number of ether oxygens (including phenoxy) is 1. The number of carboxylic acid groups (broad SMARTS) is 1. The van der Waals surface area contributed by atoms with Gasteiger partial charge in [0, 0.05) is 41.0 Å². The molecule has 40 heavy (non-hydrogen) atoms. The van der Waals surface area contributed by atoms with E-state index in [1.807, 2.05) is 48.4 Å². The molecule has 0 spiro atoms. The first kappa shape index (κ1) is 27.5. The first-order chi connectivity index (χ1) is 19.3. The Hall–Kier alpha value is -4.10. The standard InChI is InChI=1S/C32H32ClN3O4/c1-21-8-3-14-30(22(21)2)40-17-7-15-31(37)36-16-6-11-25-24(9-5-13-29(25)36)23-18-34-35(19-23)20-27-26(32(38)39)10-4-12-28(27)33/h3-5,8-10,12-14,18-19H,6-7,11,15-17,20H2,1-2H3,(H,38,39). The maximum atomic E-state index is 13.3. The smallest absolute Gasteiger partial charge is 0.336 e. The van der Waals surface area contributed by atoms with Gasteiger partial charge in [-0.25, -0.2) is 4.79 Å². The van der Waals surface area contributed by atoms with E-state index in [2.05, 4.69) is 18.1 Å². The van der Waals surface area contributed by atoms with Crippen LogP contribution in [0.5, 0.6) is 5.75 Å². The van der Waals surface area contributed by atoms with Crippen molar-refractivity contribution in [3.05, 3.63) is 99.8 Å². The van der Waals surface area contributed by atoms with E-state index in [1.165, 1.54) is 5.56 Å². The van der Waals surface area contributed by atoms with Crippen LogP contribution in [0.2, 0.25) is 5.02 Å². The maximum Gasteiger partial charge on any atom is 0.336 e. The lowest BCUT2D eigenvalue weighted by Crippen LogP contribution is -2.35. The number of aromatic carboxylic acids is 1. The van der Waals surface area contributed by atoms with Gasteiger partial charge in [0.2, 0.25) is 5.91 Å². The van der Waals surface area contributed by atoms with Crippen molar-refractivity contribution in [2.75, 3.05) is 18.1 Å². The number of fused-ring (bicyclic) bond motifs is 1. The quantitative estimate of drug-likeness (QED) is 0.231. The molecule has 5 rings (SSSR count). The number of rotatable bonds is 9. The molecule has 0 aliphatic carbocycles. The van der Waals surface area contributed by atoms with Gasteiger partial charge >= 0.3 is 5.97 Å². The molecule has 3 aromatic carbocycles. The van der Waals surface area contributed by atoms with Gasteiger partial charge in [-0.2, -0.15) is 5.10 Å². The van der Waals surface area contributed by atoms with Gasteiger partial charge in [-0.1, -0.05) is 41.9 Å². The Bertz CT molecular complexity index is 1560. The van der Waals surface area contributed by atoms with Gasteiger partial charge in [0.15, 0.2) is 0 Å². The molecule has 0 saturated heterocycles. The summed E-state index contributed by atoms with van der Waals surface area (Å²) in [6, 6.07) is 16.9. The van der Waals surface area contributed by atoms with Crippen LogP contribution in [0.4, 0.5) is 5.69 Å². The van der Waals surface area contributed by atoms with E-state index >= 15 is 0 Å². The number of amides is 1. The molecule has 0 saturated carbocycles. The van der Waals surface area contributed by atoms with Gasteiger partial charge in [0.25, 0.3) is 0 Å². The van der Waals surface area contributed by atoms with E-state index in [9.17, 15) is 14.7 Å². The van der Waals surface area contributed by atoms with Gasteiger partial charge in [-0.15, -0.1) is 0 Å². The summed E-state index contributed by atoms with van der Waals surface area (Å²) in [5, 5.41) is 14.4. The molecule has 0 radical (unpaired) electrons. The van der Waals surface area contributed by atoms with Crippen molar-refractivity contribution in [1.29, 1.82) is 0 Å². The molecular weight excluding hydrogens is 526 g/mol. The number of hydrogen-bond acceptors (Lipinski definition) is 4. The Morgan fingerprint density at radius 3 is 2.70 bits per heavy atom. The molecule has 1 aliphatic rings. The number of nitrogens with zero attached hydrogens (tertiary/aromatic N) is 3. The van der Waals surface area contributed by atoms with Crippen LogP contribution >= 0.6 is 11.6 Å². The average molecular weight is 558 g/mol. The van der Waals surface area contributed by atoms with Gasteiger partial charge in [-0.3, -0.25) is 9.48 Å². The second kappa shape index (κ2) is 12.0. The van der Waals surface area contributed by atoms with Crippen LogP contribution in [0.3, 0.4) is 0 Å². The summed E-state index contributed by atoms with van der Waals surface area (Å²) >= 11 is 6.33. The lowest BCUT2D eigenvalue weighted by atomic mass is 9.93. The van der Waals surface area contributed by atoms with Crippen LogP contribution in [-0.4, -0.2) is 39.9 Å². The second-order valence-corrected chi connectivity index (χ2v) is 10.5. The van der Waals surface area contributed by atoms with Crippen molar-refractivity contribution in [1.82, 2.24) is 9.78 Å². The van der Waals surface area contributed by atoms with Crippen molar-refractivity contribution in [3.8, 4) is 16.9 Å². The lowest BCUT2D eigenvalue weighted by Gasteiger charge is -2.31. The molecule has 8 heteroatoms. The highest BCUT2D eigenvalue weighted by Gasteiger charge is 2.25. The molecule has 0 unspecified atom stereocenters. The highest BCUT2D eigenvalue weighted by atomic mass is 35.5. The number of aryl methyl sites for hydroxylation is 1. The van der Waals surface area contributed by atoms with Crippen LogP contribution in [0.25, 0.3) is 11.1 Å². The molecule has 206 valence electrons. The molecule has 0 atom stereocenters. The molecule has 1 N–H and O–H groups in total. The zero-order valence-corrected chi connectivity index (χ0v) is 23.4. The summed E-state index contributed by atoms with van der Waals surface area (Å²) in [6.45, 7) is 5.53. The molecule has 7 nitrogen and oxygen atoms in total. The minimum absolute atomic E-state index is 0.0956. The molecule has 2 heterocycles. The minimum Gasteiger partial charge on any atom is -0.493 e. The van der Waals surface area contributed by atoms with E-state index < -0.39 is 5.97 Å². The van der Waals surface area contributed by atoms with E-state index in [0.717, 1.165) is 46.5 Å². The molecule has 1 aromatic heterocycles. The number of carboxylic acids is 1. The van der Waals surface area contributed by atoms with Crippen LogP contribution in [0, 0.1) is 13.8 Å². The first-order valence-electron chi connectivity index (χ1n) is 13.5. The summed E-state index contributed by atoms with van der Waals surface area (Å²) in [5.74, 6) is -0.0587. The normalized spacial score (nSPS) is 12.7. The third-order valence-corrected chi connectivity index (χ3v) is 7.87. The molecule has 0 fully saturated rings. The highest BCUT2D eigenvalue weighted by molar-refractivity contribution is 6.31. The Labute approximate surface area is 239 Å². The topological polar surface area (TPSA) is 84.7 Å². The Balaban J connectivity index is 1.29. The summed E-state index contributed by atoms with van der Waals surface area (Å²) < 4.78 is 7.65. The van der Waals surface area contributed by atoms with E-state index in [4.69, 9.17) is 16.3 Å². The third kappa shape index (κ3) is 5.75. The third-order valence-electron chi connectivity index (χ3n) is 7.51. The number of carbonyl (C=O) groups is 2. The molecule has 0 bridgehead atoms. The molecule has 4 aromatic rings. The predicted octanol–water partition coefficient (Wildman–Crippen LogP) is 6.71. The van der Waals surface area contributed by atoms with Crippen LogP contribution in [0.15, 0.2) is 67.0 Å². The van der Waals surface area contributed by atoms with Crippen molar-refractivity contribution < 1.29 is 19.4 Å². The fraction of sp³-hybridized carbons (Fsp3) is 0.281. The number of halogens is 1. The minimum atomic E-state index is -1.02. The van der Waals surface area contributed by atoms with Crippen molar-refractivity contribution in [2.45, 2.75) is 46.1 Å². The molecule has 1 amide bonds. The SMILES string of the molecule is Cc1cccc(OCCCC(=O)N2CCCc3c(-c4cnn(Cc5c(Cl)cccc5C(=O)O)c4)cccc32)c1C. The van der Waals surface area contributed by atoms with E-state index in [-0.39, 0.29) is 18.0 Å². The number of carbonyl (C=O) groups excluding carboxylic acids is 1. The van der Waals surface area contributed by atoms with Gasteiger partial charge in [0.1, 0.15) is 5.75 Å². The van der Waals surface area contributed by atoms with Crippen molar-refractivity contribution in [3.63, 3.8) is 0 Å². The fourth-order valence-electron chi connectivity index (χ4n) is 5.25. The Kier molecular flexibility index (Phi) is 8.21. The largest absolute Gasteiger partial charge is 0.493 e. The monoisotopic (exact) mass is 557 g/mol. The van der Waals surface area contributed by atoms with Gasteiger partial charge < -0.3 is 14.7 Å². The Morgan fingerprint density at radius 2 is 1.88 bits per heavy atom. The predicted molar refractivity (Wildman–Crippen MR) is 156 cm³/mol. The van der Waals surface area contributed by atoms with Crippen LogP contribution < -0.4 is 9.64 Å². The molecular formula is C32H32ClN3O4. The number of hydrogen-bond donors (Lipinski definition) is 1. The summed E-state index contributed by atoms with van der Waals surface area (Å²) in [7, 11) is 0. The average Bonchev–Trinajstić information content (AvgIpc) is 3.41. The van der Waals surface area contributed by atoms with Crippen molar-refractivity contribution in [2.24, 2.45) is 0 Å². The van der Waals surface area contributed by atoms with Gasteiger partial charge in [0.05, 0.1) is 24.9 Å². The number of anilines is 1. The van der Waals surface area contributed by atoms with Gasteiger partial charge in [-0.05, 0) is 79.6 Å². The second-order valence-electron chi connectivity index (χ2n) is 10.1. The lowest BCUT2D eigenvalue weighted by molar-refractivity contribution is -0.118. The Morgan fingerprint density at radius 1 is 1.07 bits per heavy atom. The summed E-state index contributed by atoms with van der Waals surface area (Å²) in [4.78, 5) is 26.8. The van der Waals surface area contributed by atoms with Crippen LogP contribution in [0.1, 0.15) is 51.9 Å². The van der Waals surface area contributed by atoms with E-state index in [1.54, 1.807) is 29.1 Å². The zero-order chi connectivity index (χ0) is 28.2. The summed E-state index contributed by atoms with van der Waals surface area (Å²) in [5.41, 5.74) is 7.00. The summed E-state index contributed by atoms with van der Waals surface area (Å²) in [6.07, 6.45) is 6.48.